The summed E-state index contributed by atoms with van der Waals surface area (Å²) >= 11 is 1.67. The van der Waals surface area contributed by atoms with Crippen molar-refractivity contribution < 1.29 is 9.53 Å². The predicted molar refractivity (Wildman–Crippen MR) is 127 cm³/mol. The van der Waals surface area contributed by atoms with Crippen LogP contribution in [0.5, 0.6) is 5.75 Å². The molecular weight excluding hydrogens is 404 g/mol. The number of benzene rings is 3. The maximum absolute atomic E-state index is 12.7. The standard InChI is InChI=1S/C26H26N2O2S/c1-17(2)14-15-27-26(29)18-12-13-24-21(16-18)28-25(19-8-4-6-10-22(19)30-3)20-9-5-7-11-23(20)31-24/h4-13,16-17H,14-15H2,1-3H3,(H,27,29). The maximum Gasteiger partial charge on any atom is 0.251 e. The van der Waals surface area contributed by atoms with E-state index in [0.717, 1.165) is 44.5 Å². The van der Waals surface area contributed by atoms with Crippen LogP contribution in [-0.4, -0.2) is 25.3 Å². The number of amides is 1. The Bertz CT molecular complexity index is 1140. The van der Waals surface area contributed by atoms with Crippen molar-refractivity contribution in [1.29, 1.82) is 0 Å². The Kier molecular flexibility index (Phi) is 6.42. The molecular formula is C26H26N2O2S. The summed E-state index contributed by atoms with van der Waals surface area (Å²) in [6, 6.07) is 21.9. The first-order valence-electron chi connectivity index (χ1n) is 10.5. The van der Waals surface area contributed by atoms with E-state index in [9.17, 15) is 4.79 Å². The largest absolute Gasteiger partial charge is 0.496 e. The normalized spacial score (nSPS) is 12.5. The van der Waals surface area contributed by atoms with Crippen molar-refractivity contribution >= 4 is 29.1 Å². The first-order chi connectivity index (χ1) is 15.1. The van der Waals surface area contributed by atoms with Gasteiger partial charge in [0.05, 0.1) is 18.5 Å². The van der Waals surface area contributed by atoms with E-state index in [-0.39, 0.29) is 5.91 Å². The number of nitrogens with zero attached hydrogens (tertiary/aromatic N) is 1. The lowest BCUT2D eigenvalue weighted by molar-refractivity contribution is 0.0952. The van der Waals surface area contributed by atoms with Crippen LogP contribution in [0.4, 0.5) is 5.69 Å². The monoisotopic (exact) mass is 430 g/mol. The highest BCUT2D eigenvalue weighted by Gasteiger charge is 2.21. The zero-order valence-electron chi connectivity index (χ0n) is 18.0. The van der Waals surface area contributed by atoms with E-state index in [4.69, 9.17) is 9.73 Å². The summed E-state index contributed by atoms with van der Waals surface area (Å²) in [5.41, 5.74) is 4.24. The van der Waals surface area contributed by atoms with Gasteiger partial charge >= 0.3 is 0 Å². The molecule has 0 bridgehead atoms. The van der Waals surface area contributed by atoms with Gasteiger partial charge in [-0.15, -0.1) is 0 Å². The number of para-hydroxylation sites is 1. The third-order valence-electron chi connectivity index (χ3n) is 5.18. The molecule has 0 radical (unpaired) electrons. The van der Waals surface area contributed by atoms with E-state index in [0.29, 0.717) is 18.0 Å². The van der Waals surface area contributed by atoms with Gasteiger partial charge in [-0.05, 0) is 48.7 Å². The van der Waals surface area contributed by atoms with Crippen LogP contribution in [0.25, 0.3) is 0 Å². The van der Waals surface area contributed by atoms with Gasteiger partial charge in [-0.1, -0.05) is 55.9 Å². The molecule has 4 nitrogen and oxygen atoms in total. The van der Waals surface area contributed by atoms with Gasteiger partial charge < -0.3 is 10.1 Å². The second-order valence-electron chi connectivity index (χ2n) is 7.88. The molecule has 1 aliphatic heterocycles. The summed E-state index contributed by atoms with van der Waals surface area (Å²) in [6.07, 6.45) is 0.956. The van der Waals surface area contributed by atoms with Gasteiger partial charge in [-0.3, -0.25) is 4.79 Å². The number of hydrogen-bond acceptors (Lipinski definition) is 4. The Hall–Kier alpha value is -3.05. The quantitative estimate of drug-likeness (QED) is 0.402. The van der Waals surface area contributed by atoms with Gasteiger partial charge in [-0.25, -0.2) is 4.99 Å². The molecule has 1 amide bonds. The topological polar surface area (TPSA) is 50.7 Å². The van der Waals surface area contributed by atoms with E-state index in [2.05, 4.69) is 31.3 Å². The molecule has 0 atom stereocenters. The first kappa shape index (κ1) is 21.2. The molecule has 0 aliphatic carbocycles. The highest BCUT2D eigenvalue weighted by Crippen LogP contribution is 2.42. The number of nitrogens with one attached hydrogen (secondary N) is 1. The lowest BCUT2D eigenvalue weighted by Crippen LogP contribution is -2.25. The Morgan fingerprint density at radius 3 is 2.52 bits per heavy atom. The second kappa shape index (κ2) is 9.40. The second-order valence-corrected chi connectivity index (χ2v) is 8.96. The molecule has 0 saturated heterocycles. The van der Waals surface area contributed by atoms with Gasteiger partial charge in [0.2, 0.25) is 0 Å². The number of methoxy groups -OCH3 is 1. The molecule has 31 heavy (non-hydrogen) atoms. The third kappa shape index (κ3) is 4.67. The Morgan fingerprint density at radius 1 is 1.00 bits per heavy atom. The van der Waals surface area contributed by atoms with Gasteiger partial charge in [0.25, 0.3) is 5.91 Å². The molecule has 5 heteroatoms. The molecule has 1 heterocycles. The number of ether oxygens (including phenoxy) is 1. The highest BCUT2D eigenvalue weighted by molar-refractivity contribution is 7.99. The van der Waals surface area contributed by atoms with Gasteiger partial charge in [-0.2, -0.15) is 0 Å². The number of carbonyl (C=O) groups excluding carboxylic acids is 1. The Labute approximate surface area is 187 Å². The Balaban J connectivity index is 1.78. The number of aliphatic imine (C=N–C) groups is 1. The molecule has 3 aromatic carbocycles. The summed E-state index contributed by atoms with van der Waals surface area (Å²) in [6.45, 7) is 4.97. The summed E-state index contributed by atoms with van der Waals surface area (Å²) < 4.78 is 5.62. The number of rotatable bonds is 6. The smallest absolute Gasteiger partial charge is 0.251 e. The average molecular weight is 431 g/mol. The van der Waals surface area contributed by atoms with Crippen molar-refractivity contribution in [1.82, 2.24) is 5.32 Å². The van der Waals surface area contributed by atoms with Crippen LogP contribution in [0.1, 0.15) is 41.8 Å². The minimum Gasteiger partial charge on any atom is -0.496 e. The van der Waals surface area contributed by atoms with Crippen LogP contribution in [0.2, 0.25) is 0 Å². The Morgan fingerprint density at radius 2 is 1.74 bits per heavy atom. The number of fused-ring (bicyclic) bond motifs is 2. The van der Waals surface area contributed by atoms with E-state index in [1.807, 2.05) is 54.6 Å². The molecule has 0 fully saturated rings. The van der Waals surface area contributed by atoms with Crippen LogP contribution in [0.3, 0.4) is 0 Å². The number of hydrogen-bond donors (Lipinski definition) is 1. The zero-order chi connectivity index (χ0) is 21.8. The minimum absolute atomic E-state index is 0.0655. The molecule has 0 saturated carbocycles. The molecule has 4 rings (SSSR count). The van der Waals surface area contributed by atoms with Crippen molar-refractivity contribution in [3.63, 3.8) is 0 Å². The molecule has 0 spiro atoms. The molecule has 1 aliphatic rings. The first-order valence-corrected chi connectivity index (χ1v) is 11.3. The SMILES string of the molecule is COc1ccccc1C1=Nc2cc(C(=O)NCCC(C)C)ccc2Sc2ccccc21. The summed E-state index contributed by atoms with van der Waals surface area (Å²) in [7, 11) is 1.67. The molecule has 1 N–H and O–H groups in total. The van der Waals surface area contributed by atoms with Crippen LogP contribution in [0, 0.1) is 5.92 Å². The fraction of sp³-hybridized carbons (Fsp3) is 0.231. The summed E-state index contributed by atoms with van der Waals surface area (Å²) in [4.78, 5) is 19.9. The molecule has 0 aromatic heterocycles. The van der Waals surface area contributed by atoms with E-state index in [1.165, 1.54) is 0 Å². The maximum atomic E-state index is 12.7. The fourth-order valence-electron chi connectivity index (χ4n) is 3.50. The lowest BCUT2D eigenvalue weighted by Gasteiger charge is -2.12. The zero-order valence-corrected chi connectivity index (χ0v) is 18.8. The highest BCUT2D eigenvalue weighted by atomic mass is 32.2. The van der Waals surface area contributed by atoms with Crippen molar-refractivity contribution in [3.8, 4) is 5.75 Å². The van der Waals surface area contributed by atoms with Crippen LogP contribution in [-0.2, 0) is 0 Å². The van der Waals surface area contributed by atoms with Gasteiger partial charge in [0.15, 0.2) is 0 Å². The minimum atomic E-state index is -0.0655. The van der Waals surface area contributed by atoms with Crippen molar-refractivity contribution in [2.24, 2.45) is 10.9 Å². The van der Waals surface area contributed by atoms with E-state index in [1.54, 1.807) is 18.9 Å². The molecule has 158 valence electrons. The average Bonchev–Trinajstić information content (AvgIpc) is 2.94. The van der Waals surface area contributed by atoms with Gasteiger partial charge in [0, 0.05) is 33.0 Å². The fourth-order valence-corrected chi connectivity index (χ4v) is 4.51. The van der Waals surface area contributed by atoms with Crippen molar-refractivity contribution in [3.05, 3.63) is 83.4 Å². The molecule has 3 aromatic rings. The van der Waals surface area contributed by atoms with Crippen LogP contribution < -0.4 is 10.1 Å². The molecule has 0 unspecified atom stereocenters. The van der Waals surface area contributed by atoms with Crippen molar-refractivity contribution in [2.75, 3.05) is 13.7 Å². The van der Waals surface area contributed by atoms with E-state index >= 15 is 0 Å². The predicted octanol–water partition coefficient (Wildman–Crippen LogP) is 6.10. The third-order valence-corrected chi connectivity index (χ3v) is 6.33. The van der Waals surface area contributed by atoms with E-state index < -0.39 is 0 Å². The van der Waals surface area contributed by atoms with Crippen LogP contribution in [0.15, 0.2) is 81.5 Å². The van der Waals surface area contributed by atoms with Crippen molar-refractivity contribution in [2.45, 2.75) is 30.1 Å². The lowest BCUT2D eigenvalue weighted by atomic mass is 10.0. The van der Waals surface area contributed by atoms with Crippen LogP contribution >= 0.6 is 11.8 Å². The summed E-state index contributed by atoms with van der Waals surface area (Å²) in [5, 5.41) is 3.02. The summed E-state index contributed by atoms with van der Waals surface area (Å²) in [5.74, 6) is 1.26. The van der Waals surface area contributed by atoms with Gasteiger partial charge in [0.1, 0.15) is 5.75 Å². The number of carbonyl (C=O) groups is 1.